The van der Waals surface area contributed by atoms with Gasteiger partial charge in [-0.3, -0.25) is 9.59 Å². The number of carbonyl (C=O) groups is 2. The average molecular weight is 410 g/mol. The standard InChI is InChI=1S/C19H15FN6O2S/c1-10-17(19(29-26-10)25-16-6-3-12(8-21)9-22-16)18(28)24-13-4-5-14(20)15(7-13)23-11(2)27/h3-7,9H,1-2H3,(H,22,25)(H,23,27)(H,24,28). The van der Waals surface area contributed by atoms with E-state index in [-0.39, 0.29) is 5.69 Å². The molecule has 3 rings (SSSR count). The maximum absolute atomic E-state index is 13.8. The highest BCUT2D eigenvalue weighted by Gasteiger charge is 2.20. The number of rotatable bonds is 5. The molecule has 3 aromatic rings. The number of hydrogen-bond donors (Lipinski definition) is 3. The van der Waals surface area contributed by atoms with Gasteiger partial charge in [0.1, 0.15) is 22.7 Å². The number of nitrogens with one attached hydrogen (secondary N) is 3. The quantitative estimate of drug-likeness (QED) is 0.588. The maximum atomic E-state index is 13.8. The van der Waals surface area contributed by atoms with E-state index in [1.807, 2.05) is 6.07 Å². The molecular weight excluding hydrogens is 395 g/mol. The Morgan fingerprint density at radius 2 is 2.00 bits per heavy atom. The number of carbonyl (C=O) groups excluding carboxylic acids is 2. The Morgan fingerprint density at radius 3 is 2.66 bits per heavy atom. The van der Waals surface area contributed by atoms with E-state index in [0.29, 0.717) is 33.3 Å². The first kappa shape index (κ1) is 19.9. The molecule has 0 aliphatic rings. The first-order valence-electron chi connectivity index (χ1n) is 8.35. The normalized spacial score (nSPS) is 10.1. The highest BCUT2D eigenvalue weighted by Crippen LogP contribution is 2.29. The Balaban J connectivity index is 1.82. The van der Waals surface area contributed by atoms with E-state index in [1.54, 1.807) is 19.1 Å². The van der Waals surface area contributed by atoms with Crippen LogP contribution in [0.25, 0.3) is 0 Å². The summed E-state index contributed by atoms with van der Waals surface area (Å²) in [4.78, 5) is 28.1. The van der Waals surface area contributed by atoms with Crippen molar-refractivity contribution in [3.05, 3.63) is 59.2 Å². The Kier molecular flexibility index (Phi) is 5.80. The molecule has 0 saturated carbocycles. The third kappa shape index (κ3) is 4.72. The second kappa shape index (κ2) is 8.45. The van der Waals surface area contributed by atoms with Crippen LogP contribution in [0.2, 0.25) is 0 Å². The number of nitrogens with zero attached hydrogens (tertiary/aromatic N) is 3. The Morgan fingerprint density at radius 1 is 1.21 bits per heavy atom. The van der Waals surface area contributed by atoms with E-state index in [4.69, 9.17) is 5.26 Å². The van der Waals surface area contributed by atoms with E-state index in [1.165, 1.54) is 25.3 Å². The molecule has 0 aliphatic heterocycles. The molecule has 8 nitrogen and oxygen atoms in total. The first-order valence-corrected chi connectivity index (χ1v) is 9.12. The fourth-order valence-corrected chi connectivity index (χ4v) is 3.26. The Hall–Kier alpha value is -3.84. The number of hydrogen-bond acceptors (Lipinski definition) is 7. The van der Waals surface area contributed by atoms with E-state index < -0.39 is 17.6 Å². The molecule has 0 spiro atoms. The number of pyridine rings is 1. The van der Waals surface area contributed by atoms with E-state index in [9.17, 15) is 14.0 Å². The van der Waals surface area contributed by atoms with Crippen LogP contribution in [0.1, 0.15) is 28.5 Å². The molecule has 1 aromatic carbocycles. The predicted molar refractivity (Wildman–Crippen MR) is 108 cm³/mol. The number of aromatic nitrogens is 2. The fourth-order valence-electron chi connectivity index (χ4n) is 2.45. The number of amides is 2. The molecule has 3 N–H and O–H groups in total. The van der Waals surface area contributed by atoms with Crippen molar-refractivity contribution in [1.82, 2.24) is 9.36 Å². The van der Waals surface area contributed by atoms with Gasteiger partial charge in [0.15, 0.2) is 0 Å². The molecule has 146 valence electrons. The van der Waals surface area contributed by atoms with Crippen molar-refractivity contribution in [3.8, 4) is 6.07 Å². The topological polar surface area (TPSA) is 120 Å². The van der Waals surface area contributed by atoms with E-state index in [2.05, 4.69) is 25.3 Å². The minimum absolute atomic E-state index is 0.0319. The fraction of sp³-hybridized carbons (Fsp3) is 0.105. The number of anilines is 4. The summed E-state index contributed by atoms with van der Waals surface area (Å²) < 4.78 is 18.0. The van der Waals surface area contributed by atoms with Crippen LogP contribution in [-0.2, 0) is 4.79 Å². The summed E-state index contributed by atoms with van der Waals surface area (Å²) in [5.41, 5.74) is 1.52. The molecule has 2 aromatic heterocycles. The summed E-state index contributed by atoms with van der Waals surface area (Å²) in [6.45, 7) is 2.95. The lowest BCUT2D eigenvalue weighted by Gasteiger charge is -2.10. The maximum Gasteiger partial charge on any atom is 0.260 e. The van der Waals surface area contributed by atoms with Crippen LogP contribution in [-0.4, -0.2) is 21.2 Å². The van der Waals surface area contributed by atoms with Crippen LogP contribution >= 0.6 is 11.5 Å². The molecule has 10 heteroatoms. The third-order valence-electron chi connectivity index (χ3n) is 3.76. The van der Waals surface area contributed by atoms with Gasteiger partial charge in [-0.25, -0.2) is 9.37 Å². The van der Waals surface area contributed by atoms with Gasteiger partial charge in [0.2, 0.25) is 5.91 Å². The van der Waals surface area contributed by atoms with Gasteiger partial charge >= 0.3 is 0 Å². The van der Waals surface area contributed by atoms with E-state index >= 15 is 0 Å². The van der Waals surface area contributed by atoms with Gasteiger partial charge < -0.3 is 16.0 Å². The number of halogens is 1. The molecule has 0 saturated heterocycles. The zero-order chi connectivity index (χ0) is 21.0. The van der Waals surface area contributed by atoms with Crippen LogP contribution in [0.4, 0.5) is 26.6 Å². The molecule has 0 radical (unpaired) electrons. The smallest absolute Gasteiger partial charge is 0.260 e. The predicted octanol–water partition coefficient (Wildman–Crippen LogP) is 3.81. The molecule has 29 heavy (non-hydrogen) atoms. The number of aryl methyl sites for hydroxylation is 1. The van der Waals surface area contributed by atoms with Gasteiger partial charge in [-0.2, -0.15) is 9.64 Å². The molecular formula is C19H15FN6O2S. The van der Waals surface area contributed by atoms with Gasteiger partial charge in [0.05, 0.1) is 22.5 Å². The molecule has 0 unspecified atom stereocenters. The van der Waals surface area contributed by atoms with Gasteiger partial charge in [-0.15, -0.1) is 0 Å². The van der Waals surface area contributed by atoms with Gasteiger partial charge in [0, 0.05) is 18.8 Å². The lowest BCUT2D eigenvalue weighted by Crippen LogP contribution is -2.15. The van der Waals surface area contributed by atoms with Gasteiger partial charge in [0.25, 0.3) is 5.91 Å². The van der Waals surface area contributed by atoms with Crippen LogP contribution in [0.5, 0.6) is 0 Å². The summed E-state index contributed by atoms with van der Waals surface area (Å²) in [6.07, 6.45) is 1.41. The minimum Gasteiger partial charge on any atom is -0.330 e. The van der Waals surface area contributed by atoms with Crippen molar-refractivity contribution in [2.75, 3.05) is 16.0 Å². The van der Waals surface area contributed by atoms with Crippen molar-refractivity contribution >= 4 is 45.5 Å². The van der Waals surface area contributed by atoms with Crippen LogP contribution in [0.15, 0.2) is 36.5 Å². The number of benzene rings is 1. The van der Waals surface area contributed by atoms with Crippen LogP contribution < -0.4 is 16.0 Å². The highest BCUT2D eigenvalue weighted by molar-refractivity contribution is 7.10. The molecule has 0 atom stereocenters. The monoisotopic (exact) mass is 410 g/mol. The lowest BCUT2D eigenvalue weighted by molar-refractivity contribution is -0.114. The van der Waals surface area contributed by atoms with Gasteiger partial charge in [-0.1, -0.05) is 0 Å². The van der Waals surface area contributed by atoms with Crippen molar-refractivity contribution in [1.29, 1.82) is 5.26 Å². The molecule has 2 amide bonds. The zero-order valence-corrected chi connectivity index (χ0v) is 16.2. The average Bonchev–Trinajstić information content (AvgIpc) is 3.05. The molecule has 0 bridgehead atoms. The largest absolute Gasteiger partial charge is 0.330 e. The zero-order valence-electron chi connectivity index (χ0n) is 15.4. The second-order valence-electron chi connectivity index (χ2n) is 5.97. The van der Waals surface area contributed by atoms with Crippen molar-refractivity contribution < 1.29 is 14.0 Å². The lowest BCUT2D eigenvalue weighted by atomic mass is 10.2. The SMILES string of the molecule is CC(=O)Nc1cc(NC(=O)c2c(C)nsc2Nc2ccc(C#N)cn2)ccc1F. The van der Waals surface area contributed by atoms with E-state index in [0.717, 1.165) is 17.6 Å². The summed E-state index contributed by atoms with van der Waals surface area (Å²) in [5, 5.41) is 17.4. The third-order valence-corrected chi connectivity index (χ3v) is 4.61. The summed E-state index contributed by atoms with van der Waals surface area (Å²) in [7, 11) is 0. The summed E-state index contributed by atoms with van der Waals surface area (Å²) in [5.74, 6) is -1.03. The Bertz CT molecular complexity index is 1120. The Labute approximate surface area is 169 Å². The van der Waals surface area contributed by atoms with Crippen molar-refractivity contribution in [2.24, 2.45) is 0 Å². The van der Waals surface area contributed by atoms with Crippen LogP contribution in [0, 0.1) is 24.1 Å². The second-order valence-corrected chi connectivity index (χ2v) is 6.74. The molecule has 2 heterocycles. The van der Waals surface area contributed by atoms with Crippen LogP contribution in [0.3, 0.4) is 0 Å². The van der Waals surface area contributed by atoms with Crippen molar-refractivity contribution in [2.45, 2.75) is 13.8 Å². The summed E-state index contributed by atoms with van der Waals surface area (Å²) >= 11 is 1.09. The van der Waals surface area contributed by atoms with Crippen molar-refractivity contribution in [3.63, 3.8) is 0 Å². The molecule has 0 aliphatic carbocycles. The van der Waals surface area contributed by atoms with Gasteiger partial charge in [-0.05, 0) is 48.8 Å². The number of nitriles is 1. The minimum atomic E-state index is -0.610. The summed E-state index contributed by atoms with van der Waals surface area (Å²) in [6, 6.07) is 9.08. The molecule has 0 fully saturated rings. The first-order chi connectivity index (χ1) is 13.9. The highest BCUT2D eigenvalue weighted by atomic mass is 32.1.